The van der Waals surface area contributed by atoms with Crippen LogP contribution in [0.4, 0.5) is 0 Å². The Balaban J connectivity index is 1.87. The first-order valence-corrected chi connectivity index (χ1v) is 7.40. The summed E-state index contributed by atoms with van der Waals surface area (Å²) in [6, 6.07) is 10.5. The Morgan fingerprint density at radius 3 is 2.90 bits per heavy atom. The van der Waals surface area contributed by atoms with Crippen LogP contribution in [0.5, 0.6) is 0 Å². The summed E-state index contributed by atoms with van der Waals surface area (Å²) in [6.45, 7) is 1.58. The van der Waals surface area contributed by atoms with Crippen LogP contribution in [0, 0.1) is 0 Å². The van der Waals surface area contributed by atoms with Crippen molar-refractivity contribution in [2.45, 2.75) is 43.9 Å². The van der Waals surface area contributed by atoms with Crippen LogP contribution in [-0.2, 0) is 11.3 Å². The van der Waals surface area contributed by atoms with E-state index in [9.17, 15) is 0 Å². The van der Waals surface area contributed by atoms with E-state index in [2.05, 4.69) is 34.2 Å². The van der Waals surface area contributed by atoms with Gasteiger partial charge in [0, 0.05) is 13.7 Å². The normalized spacial score (nSPS) is 29.8. The molecule has 0 bridgehead atoms. The van der Waals surface area contributed by atoms with Gasteiger partial charge in [-0.05, 0) is 18.4 Å². The van der Waals surface area contributed by atoms with Crippen molar-refractivity contribution in [3.8, 4) is 0 Å². The quantitative estimate of drug-likeness (QED) is 0.918. The topological polar surface area (TPSA) is 50.9 Å². The van der Waals surface area contributed by atoms with Crippen LogP contribution in [0.15, 0.2) is 35.3 Å². The fourth-order valence-electron chi connectivity index (χ4n) is 3.64. The Morgan fingerprint density at radius 1 is 1.35 bits per heavy atom. The summed E-state index contributed by atoms with van der Waals surface area (Å²) in [5.74, 6) is 0.665. The monoisotopic (exact) mass is 273 g/mol. The number of aliphatic imine (C=N–C) groups is 1. The first-order chi connectivity index (χ1) is 9.76. The molecular weight excluding hydrogens is 250 g/mol. The molecule has 4 nitrogen and oxygen atoms in total. The molecule has 2 atom stereocenters. The lowest BCUT2D eigenvalue weighted by atomic mass is 9.78. The van der Waals surface area contributed by atoms with Gasteiger partial charge in [-0.25, -0.2) is 0 Å². The zero-order valence-corrected chi connectivity index (χ0v) is 12.1. The largest absolute Gasteiger partial charge is 0.379 e. The second-order valence-corrected chi connectivity index (χ2v) is 5.82. The number of nitrogens with zero attached hydrogens (tertiary/aromatic N) is 2. The number of methoxy groups -OCH3 is 1. The molecule has 1 saturated carbocycles. The molecule has 20 heavy (non-hydrogen) atoms. The Kier molecular flexibility index (Phi) is 3.66. The molecule has 0 radical (unpaired) electrons. The maximum Gasteiger partial charge on any atom is 0.192 e. The van der Waals surface area contributed by atoms with Gasteiger partial charge < -0.3 is 15.4 Å². The number of rotatable bonds is 3. The number of benzene rings is 1. The first-order valence-electron chi connectivity index (χ1n) is 7.40. The highest BCUT2D eigenvalue weighted by Gasteiger charge is 2.49. The number of nitrogens with two attached hydrogens (primary N) is 1. The van der Waals surface area contributed by atoms with Gasteiger partial charge in [-0.1, -0.05) is 43.2 Å². The number of ether oxygens (including phenoxy) is 1. The second-order valence-electron chi connectivity index (χ2n) is 5.82. The molecular formula is C16H23N3O. The standard InChI is InChI=1S/C16H23N3O/c1-20-14-9-5-6-10-16(14)12-18-15(17)19(16)11-13-7-3-2-4-8-13/h2-4,7-8,14H,5-6,9-12H2,1H3,(H2,17,18). The Bertz CT molecular complexity index is 488. The molecule has 2 aliphatic rings. The molecule has 1 fully saturated rings. The van der Waals surface area contributed by atoms with E-state index in [1.54, 1.807) is 0 Å². The maximum absolute atomic E-state index is 6.17. The third-order valence-electron chi connectivity index (χ3n) is 4.72. The minimum atomic E-state index is -0.0348. The van der Waals surface area contributed by atoms with Gasteiger partial charge in [0.1, 0.15) is 0 Å². The van der Waals surface area contributed by atoms with E-state index < -0.39 is 0 Å². The molecule has 3 rings (SSSR count). The van der Waals surface area contributed by atoms with Crippen molar-refractivity contribution in [2.75, 3.05) is 13.7 Å². The average Bonchev–Trinajstić information content (AvgIpc) is 2.79. The van der Waals surface area contributed by atoms with Gasteiger partial charge in [-0.3, -0.25) is 4.99 Å². The fraction of sp³-hybridized carbons (Fsp3) is 0.562. The van der Waals surface area contributed by atoms with Crippen molar-refractivity contribution < 1.29 is 4.74 Å². The van der Waals surface area contributed by atoms with Crippen LogP contribution in [0.1, 0.15) is 31.2 Å². The summed E-state index contributed by atoms with van der Waals surface area (Å²) >= 11 is 0. The van der Waals surface area contributed by atoms with Crippen LogP contribution >= 0.6 is 0 Å². The Morgan fingerprint density at radius 2 is 2.15 bits per heavy atom. The van der Waals surface area contributed by atoms with E-state index in [0.29, 0.717) is 5.96 Å². The lowest BCUT2D eigenvalue weighted by Gasteiger charge is -2.47. The number of guanidine groups is 1. The van der Waals surface area contributed by atoms with Gasteiger partial charge in [-0.15, -0.1) is 0 Å². The molecule has 1 heterocycles. The third kappa shape index (κ3) is 2.18. The molecule has 4 heteroatoms. The molecule has 1 aromatic rings. The molecule has 0 aromatic heterocycles. The maximum atomic E-state index is 6.17. The van der Waals surface area contributed by atoms with Gasteiger partial charge in [-0.2, -0.15) is 0 Å². The predicted octanol–water partition coefficient (Wildman–Crippen LogP) is 2.14. The molecule has 108 valence electrons. The molecule has 0 amide bonds. The van der Waals surface area contributed by atoms with E-state index in [-0.39, 0.29) is 11.6 Å². The van der Waals surface area contributed by atoms with Gasteiger partial charge in [0.2, 0.25) is 0 Å². The summed E-state index contributed by atoms with van der Waals surface area (Å²) in [4.78, 5) is 6.80. The summed E-state index contributed by atoms with van der Waals surface area (Å²) in [5.41, 5.74) is 7.41. The lowest BCUT2D eigenvalue weighted by Crippen LogP contribution is -2.60. The van der Waals surface area contributed by atoms with Gasteiger partial charge >= 0.3 is 0 Å². The lowest BCUT2D eigenvalue weighted by molar-refractivity contribution is -0.0443. The van der Waals surface area contributed by atoms with Gasteiger partial charge in [0.25, 0.3) is 0 Å². The van der Waals surface area contributed by atoms with Crippen LogP contribution in [0.3, 0.4) is 0 Å². The van der Waals surface area contributed by atoms with E-state index in [1.165, 1.54) is 18.4 Å². The van der Waals surface area contributed by atoms with Crippen molar-refractivity contribution in [1.29, 1.82) is 0 Å². The summed E-state index contributed by atoms with van der Waals surface area (Å²) in [5, 5.41) is 0. The van der Waals surface area contributed by atoms with Crippen LogP contribution < -0.4 is 5.73 Å². The molecule has 2 N–H and O–H groups in total. The average molecular weight is 273 g/mol. The molecule has 1 spiro atoms. The Hall–Kier alpha value is -1.55. The molecule has 0 saturated heterocycles. The highest BCUT2D eigenvalue weighted by Crippen LogP contribution is 2.39. The van der Waals surface area contributed by atoms with Crippen molar-refractivity contribution in [3.05, 3.63) is 35.9 Å². The molecule has 2 unspecified atom stereocenters. The van der Waals surface area contributed by atoms with E-state index in [4.69, 9.17) is 10.5 Å². The zero-order valence-electron chi connectivity index (χ0n) is 12.1. The summed E-state index contributed by atoms with van der Waals surface area (Å²) in [6.07, 6.45) is 4.91. The van der Waals surface area contributed by atoms with Gasteiger partial charge in [0.05, 0.1) is 18.2 Å². The molecule has 1 aliphatic carbocycles. The summed E-state index contributed by atoms with van der Waals surface area (Å²) < 4.78 is 5.77. The Labute approximate surface area is 120 Å². The van der Waals surface area contributed by atoms with Gasteiger partial charge in [0.15, 0.2) is 5.96 Å². The first kappa shape index (κ1) is 13.4. The van der Waals surface area contributed by atoms with Crippen molar-refractivity contribution in [1.82, 2.24) is 4.90 Å². The molecule has 1 aliphatic heterocycles. The van der Waals surface area contributed by atoms with Crippen LogP contribution in [0.25, 0.3) is 0 Å². The highest BCUT2D eigenvalue weighted by atomic mass is 16.5. The van der Waals surface area contributed by atoms with E-state index in [0.717, 1.165) is 25.9 Å². The fourth-order valence-corrected chi connectivity index (χ4v) is 3.64. The third-order valence-corrected chi connectivity index (χ3v) is 4.72. The zero-order chi connectivity index (χ0) is 14.0. The van der Waals surface area contributed by atoms with E-state index in [1.807, 2.05) is 13.2 Å². The highest BCUT2D eigenvalue weighted by molar-refractivity contribution is 5.81. The minimum Gasteiger partial charge on any atom is -0.379 e. The second kappa shape index (κ2) is 5.44. The smallest absolute Gasteiger partial charge is 0.192 e. The minimum absolute atomic E-state index is 0.0348. The SMILES string of the molecule is COC1CCCCC12CN=C(N)N2Cc1ccccc1. The van der Waals surface area contributed by atoms with Crippen molar-refractivity contribution in [2.24, 2.45) is 10.7 Å². The van der Waals surface area contributed by atoms with Crippen molar-refractivity contribution >= 4 is 5.96 Å². The summed E-state index contributed by atoms with van der Waals surface area (Å²) in [7, 11) is 1.81. The predicted molar refractivity (Wildman–Crippen MR) is 80.5 cm³/mol. The number of hydrogen-bond acceptors (Lipinski definition) is 4. The van der Waals surface area contributed by atoms with Crippen LogP contribution in [-0.4, -0.2) is 36.2 Å². The van der Waals surface area contributed by atoms with E-state index >= 15 is 0 Å². The number of hydrogen-bond donors (Lipinski definition) is 1. The van der Waals surface area contributed by atoms with Crippen molar-refractivity contribution in [3.63, 3.8) is 0 Å². The van der Waals surface area contributed by atoms with Crippen LogP contribution in [0.2, 0.25) is 0 Å². The molecule has 1 aromatic carbocycles.